The lowest BCUT2D eigenvalue weighted by Crippen LogP contribution is -2.34. The van der Waals surface area contributed by atoms with Gasteiger partial charge in [-0.1, -0.05) is 12.2 Å². The van der Waals surface area contributed by atoms with Crippen LogP contribution in [0.4, 0.5) is 0 Å². The van der Waals surface area contributed by atoms with Crippen molar-refractivity contribution in [2.45, 2.75) is 31.4 Å². The van der Waals surface area contributed by atoms with Crippen LogP contribution >= 0.6 is 0 Å². The van der Waals surface area contributed by atoms with Crippen LogP contribution in [0.1, 0.15) is 24.8 Å². The van der Waals surface area contributed by atoms with Crippen LogP contribution in [0.5, 0.6) is 11.5 Å². The minimum absolute atomic E-state index is 0.0756. The highest BCUT2D eigenvalue weighted by Crippen LogP contribution is 2.35. The maximum Gasteiger partial charge on any atom is 0.156 e. The predicted molar refractivity (Wildman–Crippen MR) is 120 cm³/mol. The molecular formula is C24H29NO5S. The summed E-state index contributed by atoms with van der Waals surface area (Å²) in [7, 11) is -3.07. The van der Waals surface area contributed by atoms with Crippen molar-refractivity contribution >= 4 is 9.84 Å². The number of ether oxygens (including phenoxy) is 2. The Morgan fingerprint density at radius 3 is 2.74 bits per heavy atom. The van der Waals surface area contributed by atoms with Crippen LogP contribution in [-0.2, 0) is 14.6 Å². The quantitative estimate of drug-likeness (QED) is 0.622. The van der Waals surface area contributed by atoms with Gasteiger partial charge in [-0.3, -0.25) is 4.98 Å². The van der Waals surface area contributed by atoms with Gasteiger partial charge in [0.15, 0.2) is 9.84 Å². The monoisotopic (exact) mass is 443 g/mol. The van der Waals surface area contributed by atoms with Crippen LogP contribution in [0.2, 0.25) is 0 Å². The van der Waals surface area contributed by atoms with Crippen molar-refractivity contribution in [2.24, 2.45) is 11.8 Å². The Kier molecular flexibility index (Phi) is 6.34. The molecule has 2 fully saturated rings. The van der Waals surface area contributed by atoms with Crippen molar-refractivity contribution in [1.82, 2.24) is 4.98 Å². The fourth-order valence-electron chi connectivity index (χ4n) is 4.13. The molecule has 7 heteroatoms. The first kappa shape index (κ1) is 21.8. The first-order chi connectivity index (χ1) is 14.8. The lowest BCUT2D eigenvalue weighted by Gasteiger charge is -2.33. The zero-order valence-corrected chi connectivity index (χ0v) is 18.6. The summed E-state index contributed by atoms with van der Waals surface area (Å²) in [6, 6.07) is 9.25. The Balaban J connectivity index is 1.40. The van der Waals surface area contributed by atoms with E-state index in [0.717, 1.165) is 47.4 Å². The molecule has 2 unspecified atom stereocenters. The van der Waals surface area contributed by atoms with Crippen molar-refractivity contribution in [3.05, 3.63) is 54.2 Å². The van der Waals surface area contributed by atoms with E-state index >= 15 is 0 Å². The van der Waals surface area contributed by atoms with Crippen LogP contribution in [0, 0.1) is 18.8 Å². The van der Waals surface area contributed by atoms with E-state index in [2.05, 4.69) is 11.6 Å². The largest absolute Gasteiger partial charge is 0.506 e. The molecule has 0 spiro atoms. The van der Waals surface area contributed by atoms with E-state index in [0.29, 0.717) is 19.8 Å². The Hall–Kier alpha value is -2.38. The zero-order chi connectivity index (χ0) is 22.0. The third kappa shape index (κ3) is 5.28. The molecule has 0 bridgehead atoms. The van der Waals surface area contributed by atoms with E-state index in [1.54, 1.807) is 12.1 Å². The van der Waals surface area contributed by atoms with Crippen molar-refractivity contribution in [3.63, 3.8) is 0 Å². The van der Waals surface area contributed by atoms with Gasteiger partial charge in [-0.05, 0) is 68.0 Å². The highest BCUT2D eigenvalue weighted by molar-refractivity contribution is 7.92. The van der Waals surface area contributed by atoms with Crippen molar-refractivity contribution in [3.8, 4) is 22.8 Å². The molecule has 6 nitrogen and oxygen atoms in total. The number of aromatic nitrogens is 1. The predicted octanol–water partition coefficient (Wildman–Crippen LogP) is 3.93. The van der Waals surface area contributed by atoms with E-state index in [4.69, 9.17) is 9.47 Å². The van der Waals surface area contributed by atoms with E-state index in [1.165, 1.54) is 6.20 Å². The van der Waals surface area contributed by atoms with Crippen molar-refractivity contribution in [1.29, 1.82) is 0 Å². The molecule has 1 N–H and O–H groups in total. The molecule has 31 heavy (non-hydrogen) atoms. The summed E-state index contributed by atoms with van der Waals surface area (Å²) in [6.45, 7) is 7.73. The molecule has 2 aliphatic rings. The zero-order valence-electron chi connectivity index (χ0n) is 17.8. The van der Waals surface area contributed by atoms with Gasteiger partial charge >= 0.3 is 0 Å². The molecule has 1 saturated carbocycles. The lowest BCUT2D eigenvalue weighted by atomic mass is 9.84. The third-order valence-electron chi connectivity index (χ3n) is 6.09. The molecule has 1 saturated heterocycles. The maximum absolute atomic E-state index is 12.4. The van der Waals surface area contributed by atoms with Gasteiger partial charge in [0, 0.05) is 18.1 Å². The molecule has 1 aromatic carbocycles. The fraction of sp³-hybridized carbons (Fsp3) is 0.458. The van der Waals surface area contributed by atoms with E-state index in [9.17, 15) is 13.5 Å². The summed E-state index contributed by atoms with van der Waals surface area (Å²) < 4.78 is 36.6. The first-order valence-corrected chi connectivity index (χ1v) is 12.4. The van der Waals surface area contributed by atoms with Gasteiger partial charge in [-0.2, -0.15) is 0 Å². The lowest BCUT2D eigenvalue weighted by molar-refractivity contribution is 0.00873. The molecule has 1 aliphatic carbocycles. The van der Waals surface area contributed by atoms with Crippen molar-refractivity contribution in [2.75, 3.05) is 25.6 Å². The summed E-state index contributed by atoms with van der Waals surface area (Å²) in [4.78, 5) is 4.25. The number of nitrogens with zero attached hydrogens (tertiary/aromatic N) is 1. The average molecular weight is 444 g/mol. The summed E-state index contributed by atoms with van der Waals surface area (Å²) in [6.07, 6.45) is 3.77. The molecule has 2 heterocycles. The highest BCUT2D eigenvalue weighted by atomic mass is 32.2. The minimum Gasteiger partial charge on any atom is -0.506 e. The number of rotatable bonds is 8. The second-order valence-corrected chi connectivity index (χ2v) is 10.9. The second kappa shape index (κ2) is 9.01. The van der Waals surface area contributed by atoms with Crippen LogP contribution in [0.3, 0.4) is 0 Å². The highest BCUT2D eigenvalue weighted by Gasteiger charge is 2.38. The van der Waals surface area contributed by atoms with Gasteiger partial charge in [-0.15, -0.1) is 0 Å². The molecule has 1 aliphatic heterocycles. The molecule has 0 amide bonds. The Morgan fingerprint density at radius 2 is 2.06 bits per heavy atom. The molecular weight excluding hydrogens is 414 g/mol. The van der Waals surface area contributed by atoms with Gasteiger partial charge in [0.1, 0.15) is 11.5 Å². The molecule has 0 radical (unpaired) electrons. The number of hydrogen-bond acceptors (Lipinski definition) is 6. The van der Waals surface area contributed by atoms with Crippen molar-refractivity contribution < 1.29 is 23.0 Å². The van der Waals surface area contributed by atoms with Crippen LogP contribution in [-0.4, -0.2) is 49.3 Å². The number of aryl methyl sites for hydroxylation is 1. The summed E-state index contributed by atoms with van der Waals surface area (Å²) in [5.74, 6) is 1.16. The van der Waals surface area contributed by atoms with Crippen LogP contribution in [0.25, 0.3) is 11.3 Å². The van der Waals surface area contributed by atoms with E-state index < -0.39 is 9.84 Å². The fourth-order valence-corrected chi connectivity index (χ4v) is 5.95. The molecule has 4 rings (SSSR count). The van der Waals surface area contributed by atoms with Crippen LogP contribution < -0.4 is 4.74 Å². The maximum atomic E-state index is 12.4. The van der Waals surface area contributed by atoms with Gasteiger partial charge in [0.2, 0.25) is 0 Å². The van der Waals surface area contributed by atoms with E-state index in [-0.39, 0.29) is 28.6 Å². The number of aromatic hydroxyl groups is 1. The van der Waals surface area contributed by atoms with Crippen LogP contribution in [0.15, 0.2) is 48.7 Å². The summed E-state index contributed by atoms with van der Waals surface area (Å²) in [5.41, 5.74) is 3.49. The number of pyridine rings is 1. The average Bonchev–Trinajstić information content (AvgIpc) is 3.59. The number of benzene rings is 1. The molecule has 2 aromatic rings. The van der Waals surface area contributed by atoms with Gasteiger partial charge in [0.25, 0.3) is 0 Å². The SMILES string of the molecule is C=C(CS(=O)(=O)C1CC1)C1CCOCC1COc1ccc(-c2ccc(O)cn2)cc1C. The smallest absolute Gasteiger partial charge is 0.156 e. The Bertz CT molecular complexity index is 1040. The van der Waals surface area contributed by atoms with Gasteiger partial charge in [0.05, 0.1) is 36.1 Å². The van der Waals surface area contributed by atoms with Gasteiger partial charge < -0.3 is 14.6 Å². The second-order valence-electron chi connectivity index (χ2n) is 8.59. The molecule has 166 valence electrons. The Labute approximate surface area is 183 Å². The normalized spacial score (nSPS) is 21.6. The molecule has 1 aromatic heterocycles. The standard InChI is InChI=1S/C24H29NO5S/c1-16-11-18(23-7-4-20(26)12-25-23)3-8-24(16)30-14-19-13-29-10-9-22(19)17(2)15-31(27,28)21-5-6-21/h3-4,7-8,11-12,19,21-22,26H,2,5-6,9-10,13-15H2,1H3. The minimum atomic E-state index is -3.07. The first-order valence-electron chi connectivity index (χ1n) is 10.7. The Morgan fingerprint density at radius 1 is 1.26 bits per heavy atom. The van der Waals surface area contributed by atoms with E-state index in [1.807, 2.05) is 25.1 Å². The number of hydrogen-bond donors (Lipinski definition) is 1. The summed E-state index contributed by atoms with van der Waals surface area (Å²) in [5, 5.41) is 9.25. The topological polar surface area (TPSA) is 85.7 Å². The van der Waals surface area contributed by atoms with Gasteiger partial charge in [-0.25, -0.2) is 8.42 Å². The molecule has 2 atom stereocenters. The summed E-state index contributed by atoms with van der Waals surface area (Å²) >= 11 is 0. The third-order valence-corrected chi connectivity index (χ3v) is 8.35. The number of sulfone groups is 1.